The molecule has 2 N–H and O–H groups in total. The number of benzene rings is 4. The van der Waals surface area contributed by atoms with Gasteiger partial charge in [-0.3, -0.25) is 9.52 Å². The molecule has 7 nitrogen and oxygen atoms in total. The lowest BCUT2D eigenvalue weighted by Crippen LogP contribution is -2.17. The first-order chi connectivity index (χ1) is 17.3. The normalized spacial score (nSPS) is 10.9. The Bertz CT molecular complexity index is 1500. The molecule has 4 aromatic carbocycles. The van der Waals surface area contributed by atoms with E-state index in [0.29, 0.717) is 5.56 Å². The van der Waals surface area contributed by atoms with Crippen LogP contribution in [0.3, 0.4) is 0 Å². The Morgan fingerprint density at radius 3 is 2.08 bits per heavy atom. The molecular formula is C27H21FN2O5S. The van der Waals surface area contributed by atoms with Gasteiger partial charge in [-0.15, -0.1) is 0 Å². The molecule has 9 heteroatoms. The zero-order valence-electron chi connectivity index (χ0n) is 19.1. The highest BCUT2D eigenvalue weighted by Gasteiger charge is 2.20. The van der Waals surface area contributed by atoms with Gasteiger partial charge in [0.2, 0.25) is 0 Å². The highest BCUT2D eigenvalue weighted by molar-refractivity contribution is 7.92. The van der Waals surface area contributed by atoms with E-state index in [0.717, 1.165) is 42.5 Å². The summed E-state index contributed by atoms with van der Waals surface area (Å²) in [6.07, 6.45) is 0. The molecule has 0 aliphatic carbocycles. The Kier molecular flexibility index (Phi) is 7.12. The molecule has 0 spiro atoms. The third kappa shape index (κ3) is 5.59. The predicted molar refractivity (Wildman–Crippen MR) is 135 cm³/mol. The number of methoxy groups -OCH3 is 1. The zero-order chi connectivity index (χ0) is 25.7. The number of amides is 1. The van der Waals surface area contributed by atoms with Crippen LogP contribution in [0.5, 0.6) is 0 Å². The second kappa shape index (κ2) is 10.4. The van der Waals surface area contributed by atoms with E-state index in [4.69, 9.17) is 4.74 Å². The van der Waals surface area contributed by atoms with Crippen molar-refractivity contribution in [1.82, 2.24) is 0 Å². The number of sulfonamides is 1. The van der Waals surface area contributed by atoms with Crippen LogP contribution >= 0.6 is 0 Å². The number of esters is 1. The molecule has 0 radical (unpaired) electrons. The van der Waals surface area contributed by atoms with Crippen molar-refractivity contribution in [3.05, 3.63) is 114 Å². The molecule has 0 atom stereocenters. The third-order valence-corrected chi connectivity index (χ3v) is 6.69. The van der Waals surface area contributed by atoms with Gasteiger partial charge in [-0.1, -0.05) is 42.5 Å². The molecule has 0 heterocycles. The van der Waals surface area contributed by atoms with E-state index in [1.54, 1.807) is 12.1 Å². The summed E-state index contributed by atoms with van der Waals surface area (Å²) in [5.74, 6) is -1.79. The largest absolute Gasteiger partial charge is 0.465 e. The summed E-state index contributed by atoms with van der Waals surface area (Å²) in [6.45, 7) is 0. The van der Waals surface area contributed by atoms with Gasteiger partial charge in [0, 0.05) is 11.3 Å². The smallest absolute Gasteiger partial charge is 0.339 e. The molecule has 0 saturated carbocycles. The second-order valence-corrected chi connectivity index (χ2v) is 9.39. The molecule has 4 rings (SSSR count). The molecule has 0 saturated heterocycles. The van der Waals surface area contributed by atoms with Gasteiger partial charge in [-0.05, 0) is 65.7 Å². The number of anilines is 2. The first kappa shape index (κ1) is 24.6. The van der Waals surface area contributed by atoms with Crippen LogP contribution in [-0.4, -0.2) is 27.4 Å². The average molecular weight is 505 g/mol. The Morgan fingerprint density at radius 2 is 1.44 bits per heavy atom. The lowest BCUT2D eigenvalue weighted by molar-refractivity contribution is 0.0602. The summed E-state index contributed by atoms with van der Waals surface area (Å²) in [5.41, 5.74) is 2.43. The topological polar surface area (TPSA) is 102 Å². The van der Waals surface area contributed by atoms with Gasteiger partial charge in [-0.25, -0.2) is 17.6 Å². The molecule has 0 aliphatic heterocycles. The minimum Gasteiger partial charge on any atom is -0.465 e. The summed E-state index contributed by atoms with van der Waals surface area (Å²) in [5, 5.41) is 2.70. The van der Waals surface area contributed by atoms with Crippen molar-refractivity contribution >= 4 is 33.3 Å². The Labute approximate surface area is 207 Å². The van der Waals surface area contributed by atoms with Crippen LogP contribution in [0.2, 0.25) is 0 Å². The summed E-state index contributed by atoms with van der Waals surface area (Å²) in [7, 11) is -3.00. The van der Waals surface area contributed by atoms with E-state index in [1.165, 1.54) is 18.2 Å². The zero-order valence-corrected chi connectivity index (χ0v) is 19.9. The van der Waals surface area contributed by atoms with Gasteiger partial charge >= 0.3 is 5.97 Å². The number of rotatable bonds is 7. The van der Waals surface area contributed by atoms with Crippen LogP contribution in [-0.2, 0) is 14.8 Å². The maximum absolute atomic E-state index is 13.2. The van der Waals surface area contributed by atoms with Crippen molar-refractivity contribution in [1.29, 1.82) is 0 Å². The number of hydrogen-bond donors (Lipinski definition) is 2. The third-order valence-electron chi connectivity index (χ3n) is 5.31. The fraction of sp³-hybridized carbons (Fsp3) is 0.0370. The van der Waals surface area contributed by atoms with Crippen LogP contribution in [0, 0.1) is 5.82 Å². The highest BCUT2D eigenvalue weighted by Crippen LogP contribution is 2.26. The number of nitrogens with one attached hydrogen (secondary N) is 2. The van der Waals surface area contributed by atoms with Crippen LogP contribution in [0.4, 0.5) is 15.8 Å². The van der Waals surface area contributed by atoms with Crippen molar-refractivity contribution < 1.29 is 27.1 Å². The lowest BCUT2D eigenvalue weighted by Gasteiger charge is -2.14. The average Bonchev–Trinajstić information content (AvgIpc) is 2.89. The molecule has 36 heavy (non-hydrogen) atoms. The van der Waals surface area contributed by atoms with E-state index in [1.807, 2.05) is 42.5 Å². The lowest BCUT2D eigenvalue weighted by atomic mass is 10.0. The molecule has 0 aliphatic rings. The van der Waals surface area contributed by atoms with Gasteiger partial charge in [0.1, 0.15) is 5.82 Å². The Balaban J connectivity index is 1.58. The van der Waals surface area contributed by atoms with Crippen LogP contribution in [0.15, 0.2) is 102 Å². The van der Waals surface area contributed by atoms with E-state index in [9.17, 15) is 22.4 Å². The molecular weight excluding hydrogens is 483 g/mol. The second-order valence-electron chi connectivity index (χ2n) is 7.71. The van der Waals surface area contributed by atoms with Gasteiger partial charge < -0.3 is 10.1 Å². The van der Waals surface area contributed by atoms with E-state index in [-0.39, 0.29) is 21.8 Å². The van der Waals surface area contributed by atoms with Crippen molar-refractivity contribution in [3.8, 4) is 11.1 Å². The summed E-state index contributed by atoms with van der Waals surface area (Å²) < 4.78 is 45.9. The predicted octanol–water partition coefficient (Wildman–Crippen LogP) is 5.33. The number of ether oxygens (including phenoxy) is 1. The SMILES string of the molecule is COC(=O)c1ccc(NC(=O)c2ccc(-c3ccccc3)cc2)cc1NS(=O)(=O)c1ccc(F)cc1. The number of carbonyl (C=O) groups excluding carboxylic acids is 2. The van der Waals surface area contributed by atoms with Crippen LogP contribution < -0.4 is 10.0 Å². The van der Waals surface area contributed by atoms with Crippen molar-refractivity contribution in [3.63, 3.8) is 0 Å². The van der Waals surface area contributed by atoms with Crippen molar-refractivity contribution in [2.75, 3.05) is 17.1 Å². The maximum atomic E-state index is 13.2. The quantitative estimate of drug-likeness (QED) is 0.331. The van der Waals surface area contributed by atoms with Gasteiger partial charge in [0.25, 0.3) is 15.9 Å². The Hall–Kier alpha value is -4.50. The van der Waals surface area contributed by atoms with Gasteiger partial charge in [-0.2, -0.15) is 0 Å². The van der Waals surface area contributed by atoms with Gasteiger partial charge in [0.05, 0.1) is 23.3 Å². The minimum atomic E-state index is -4.16. The molecule has 182 valence electrons. The molecule has 0 bridgehead atoms. The molecule has 0 aromatic heterocycles. The summed E-state index contributed by atoms with van der Waals surface area (Å²) >= 11 is 0. The molecule has 4 aromatic rings. The number of hydrogen-bond acceptors (Lipinski definition) is 5. The minimum absolute atomic E-state index is 0.0617. The molecule has 0 fully saturated rings. The first-order valence-corrected chi connectivity index (χ1v) is 12.2. The van der Waals surface area contributed by atoms with Crippen LogP contribution in [0.25, 0.3) is 11.1 Å². The highest BCUT2D eigenvalue weighted by atomic mass is 32.2. The maximum Gasteiger partial charge on any atom is 0.339 e. The van der Waals surface area contributed by atoms with E-state index in [2.05, 4.69) is 10.0 Å². The Morgan fingerprint density at radius 1 is 0.806 bits per heavy atom. The van der Waals surface area contributed by atoms with E-state index < -0.39 is 27.7 Å². The number of carbonyl (C=O) groups is 2. The van der Waals surface area contributed by atoms with Crippen LogP contribution in [0.1, 0.15) is 20.7 Å². The first-order valence-electron chi connectivity index (χ1n) is 10.7. The van der Waals surface area contributed by atoms with Crippen molar-refractivity contribution in [2.45, 2.75) is 4.90 Å². The molecule has 0 unspecified atom stereocenters. The number of halogens is 1. The standard InChI is InChI=1S/C27H21FN2O5S/c1-35-27(32)24-16-13-22(17-25(24)30-36(33,34)23-14-11-21(28)12-15-23)29-26(31)20-9-7-19(8-10-20)18-5-3-2-4-6-18/h2-17,30H,1H3,(H,29,31). The van der Waals surface area contributed by atoms with E-state index >= 15 is 0 Å². The molecule has 1 amide bonds. The summed E-state index contributed by atoms with van der Waals surface area (Å²) in [4.78, 5) is 24.8. The van der Waals surface area contributed by atoms with Crippen molar-refractivity contribution in [2.24, 2.45) is 0 Å². The monoisotopic (exact) mass is 504 g/mol. The summed E-state index contributed by atoms with van der Waals surface area (Å²) in [6, 6.07) is 25.0. The fourth-order valence-electron chi connectivity index (χ4n) is 3.46. The van der Waals surface area contributed by atoms with Gasteiger partial charge in [0.15, 0.2) is 0 Å². The fourth-order valence-corrected chi connectivity index (χ4v) is 4.53.